The van der Waals surface area contributed by atoms with Crippen LogP contribution in [-0.2, 0) is 4.43 Å². The van der Waals surface area contributed by atoms with Gasteiger partial charge in [0.25, 0.3) is 0 Å². The third-order valence-electron chi connectivity index (χ3n) is 6.91. The number of pyridine rings is 1. The lowest BCUT2D eigenvalue weighted by Gasteiger charge is -2.37. The summed E-state index contributed by atoms with van der Waals surface area (Å²) in [7, 11) is -1.93. The highest BCUT2D eigenvalue weighted by Gasteiger charge is 2.41. The van der Waals surface area contributed by atoms with Gasteiger partial charge in [0.05, 0.1) is 11.1 Å². The summed E-state index contributed by atoms with van der Waals surface area (Å²) < 4.78 is 6.55. The average molecular weight is 494 g/mol. The van der Waals surface area contributed by atoms with E-state index in [0.717, 1.165) is 28.0 Å². The van der Waals surface area contributed by atoms with Crippen LogP contribution in [-0.4, -0.2) is 41.4 Å². The van der Waals surface area contributed by atoms with Crippen molar-refractivity contribution in [1.82, 2.24) is 19.9 Å². The molecule has 0 aliphatic carbocycles. The molecule has 0 spiro atoms. The third-order valence-corrected chi connectivity index (χ3v) is 12.1. The molecule has 172 valence electrons. The van der Waals surface area contributed by atoms with Gasteiger partial charge in [-0.05, 0) is 31.1 Å². The first-order valence-electron chi connectivity index (χ1n) is 10.8. The molecule has 0 amide bonds. The summed E-state index contributed by atoms with van der Waals surface area (Å²) >= 11 is 13.3. The van der Waals surface area contributed by atoms with Gasteiger partial charge in [-0.2, -0.15) is 4.98 Å². The number of anilines is 2. The average Bonchev–Trinajstić information content (AvgIpc) is 3.30. The molecule has 3 N–H and O–H groups in total. The summed E-state index contributed by atoms with van der Waals surface area (Å²) in [5.74, 6) is 0.934. The molecule has 4 heterocycles. The molecule has 0 saturated carbocycles. The fourth-order valence-electron chi connectivity index (χ4n) is 3.88. The van der Waals surface area contributed by atoms with E-state index in [1.54, 1.807) is 0 Å². The SMILES string of the molecule is CC(c1cnc2[nH]ccc2c1Cl)N1CC(CO[Si](C)(C)C(C)(C)C)c2c(Cl)nc(N)nc21. The lowest BCUT2D eigenvalue weighted by Crippen LogP contribution is -2.42. The number of halogens is 2. The van der Waals surface area contributed by atoms with Crippen LogP contribution in [0.15, 0.2) is 18.5 Å². The van der Waals surface area contributed by atoms with Crippen molar-refractivity contribution >= 4 is 54.3 Å². The maximum absolute atomic E-state index is 6.76. The number of rotatable bonds is 5. The van der Waals surface area contributed by atoms with Crippen molar-refractivity contribution in [2.45, 2.75) is 57.8 Å². The lowest BCUT2D eigenvalue weighted by atomic mass is 10.1. The summed E-state index contributed by atoms with van der Waals surface area (Å²) in [5, 5.41) is 2.08. The summed E-state index contributed by atoms with van der Waals surface area (Å²) in [4.78, 5) is 18.6. The second kappa shape index (κ2) is 8.16. The monoisotopic (exact) mass is 492 g/mol. The molecular weight excluding hydrogens is 463 g/mol. The van der Waals surface area contributed by atoms with E-state index in [-0.39, 0.29) is 22.9 Å². The minimum absolute atomic E-state index is 0.0393. The minimum atomic E-state index is -1.93. The normalized spacial score (nSPS) is 17.8. The van der Waals surface area contributed by atoms with Gasteiger partial charge in [0.15, 0.2) is 8.32 Å². The molecule has 7 nitrogen and oxygen atoms in total. The van der Waals surface area contributed by atoms with Gasteiger partial charge >= 0.3 is 0 Å². The molecule has 2 unspecified atom stereocenters. The molecule has 2 atom stereocenters. The number of hydrogen-bond donors (Lipinski definition) is 2. The zero-order valence-electron chi connectivity index (χ0n) is 19.3. The van der Waals surface area contributed by atoms with Crippen molar-refractivity contribution in [3.63, 3.8) is 0 Å². The number of fused-ring (bicyclic) bond motifs is 2. The molecule has 0 fully saturated rings. The largest absolute Gasteiger partial charge is 0.416 e. The van der Waals surface area contributed by atoms with Gasteiger partial charge in [-0.3, -0.25) is 0 Å². The number of nitrogen functional groups attached to an aromatic ring is 1. The molecule has 0 radical (unpaired) electrons. The highest BCUT2D eigenvalue weighted by Crippen LogP contribution is 2.45. The smallest absolute Gasteiger partial charge is 0.223 e. The molecule has 1 aliphatic heterocycles. The fraction of sp³-hybridized carbons (Fsp3) is 0.500. The number of nitrogens with zero attached hydrogens (tertiary/aromatic N) is 4. The van der Waals surface area contributed by atoms with Gasteiger partial charge in [-0.25, -0.2) is 9.97 Å². The van der Waals surface area contributed by atoms with Crippen molar-refractivity contribution in [3.05, 3.63) is 39.8 Å². The van der Waals surface area contributed by atoms with E-state index in [1.807, 2.05) is 18.5 Å². The molecule has 0 bridgehead atoms. The molecule has 10 heteroatoms. The molecule has 1 aliphatic rings. The van der Waals surface area contributed by atoms with E-state index >= 15 is 0 Å². The Labute approximate surface area is 199 Å². The van der Waals surface area contributed by atoms with E-state index in [9.17, 15) is 0 Å². The molecular formula is C22H30Cl2N6OSi. The zero-order chi connectivity index (χ0) is 23.4. The first-order valence-corrected chi connectivity index (χ1v) is 14.4. The highest BCUT2D eigenvalue weighted by atomic mass is 35.5. The van der Waals surface area contributed by atoms with E-state index in [2.05, 4.69) is 65.6 Å². The van der Waals surface area contributed by atoms with E-state index < -0.39 is 8.32 Å². The van der Waals surface area contributed by atoms with Gasteiger partial charge in [-0.15, -0.1) is 0 Å². The summed E-state index contributed by atoms with van der Waals surface area (Å²) in [6.07, 6.45) is 3.65. The number of hydrogen-bond acceptors (Lipinski definition) is 6. The van der Waals surface area contributed by atoms with Crippen LogP contribution in [0, 0.1) is 0 Å². The summed E-state index contributed by atoms with van der Waals surface area (Å²) in [6.45, 7) is 14.5. The Balaban J connectivity index is 1.69. The van der Waals surface area contributed by atoms with Gasteiger partial charge in [0.2, 0.25) is 5.95 Å². The fourth-order valence-corrected chi connectivity index (χ4v) is 5.62. The van der Waals surface area contributed by atoms with Crippen LogP contribution in [0.3, 0.4) is 0 Å². The quantitative estimate of drug-likeness (QED) is 0.338. The van der Waals surface area contributed by atoms with E-state index in [1.165, 1.54) is 0 Å². The number of H-pyrrole nitrogens is 1. The van der Waals surface area contributed by atoms with Crippen LogP contribution in [0.2, 0.25) is 28.3 Å². The Hall–Kier alpha value is -1.87. The molecule has 0 aromatic carbocycles. The van der Waals surface area contributed by atoms with Crippen LogP contribution in [0.25, 0.3) is 11.0 Å². The maximum Gasteiger partial charge on any atom is 0.223 e. The van der Waals surface area contributed by atoms with Gasteiger partial charge in [-0.1, -0.05) is 44.0 Å². The maximum atomic E-state index is 6.76. The summed E-state index contributed by atoms with van der Waals surface area (Å²) in [6, 6.07) is 1.85. The molecule has 4 rings (SSSR count). The minimum Gasteiger partial charge on any atom is -0.416 e. The molecule has 3 aromatic heterocycles. The topological polar surface area (TPSA) is 93.0 Å². The van der Waals surface area contributed by atoms with Crippen molar-refractivity contribution in [2.24, 2.45) is 0 Å². The van der Waals surface area contributed by atoms with E-state index in [4.69, 9.17) is 33.4 Å². The number of aromatic nitrogens is 4. The zero-order valence-corrected chi connectivity index (χ0v) is 21.8. The predicted molar refractivity (Wildman–Crippen MR) is 134 cm³/mol. The van der Waals surface area contributed by atoms with Crippen LogP contribution < -0.4 is 10.6 Å². The summed E-state index contributed by atoms with van der Waals surface area (Å²) in [5.41, 5.74) is 8.54. The first-order chi connectivity index (χ1) is 14.9. The molecule has 0 saturated heterocycles. The van der Waals surface area contributed by atoms with Crippen LogP contribution in [0.4, 0.5) is 11.8 Å². The molecule has 3 aromatic rings. The first kappa shape index (κ1) is 23.3. The lowest BCUT2D eigenvalue weighted by molar-refractivity contribution is 0.266. The Morgan fingerprint density at radius 3 is 2.72 bits per heavy atom. The van der Waals surface area contributed by atoms with Crippen molar-refractivity contribution in [1.29, 1.82) is 0 Å². The predicted octanol–water partition coefficient (Wildman–Crippen LogP) is 5.93. The Kier molecular flexibility index (Phi) is 5.94. The van der Waals surface area contributed by atoms with Crippen molar-refractivity contribution < 1.29 is 4.43 Å². The standard InChI is InChI=1S/C22H30Cl2N6OSi/c1-12(15-9-27-19-14(17(15)23)7-8-26-19)30-10-13(11-31-32(5,6)22(2,3)4)16-18(24)28-21(25)29-20(16)30/h7-9,12-13H,10-11H2,1-6H3,(H,26,27)(H2,25,28,29). The van der Waals surface area contributed by atoms with Gasteiger partial charge < -0.3 is 20.0 Å². The van der Waals surface area contributed by atoms with Crippen molar-refractivity contribution in [2.75, 3.05) is 23.8 Å². The van der Waals surface area contributed by atoms with Gasteiger partial charge in [0, 0.05) is 48.0 Å². The highest BCUT2D eigenvalue weighted by molar-refractivity contribution is 6.74. The second-order valence-electron chi connectivity index (χ2n) is 9.97. The number of aromatic amines is 1. The van der Waals surface area contributed by atoms with Crippen molar-refractivity contribution in [3.8, 4) is 0 Å². The van der Waals surface area contributed by atoms with Crippen LogP contribution in [0.5, 0.6) is 0 Å². The number of nitrogens with two attached hydrogens (primary N) is 1. The Bertz CT molecular complexity index is 1160. The van der Waals surface area contributed by atoms with E-state index in [0.29, 0.717) is 23.3 Å². The third kappa shape index (κ3) is 3.98. The van der Waals surface area contributed by atoms with Crippen LogP contribution in [0.1, 0.15) is 50.8 Å². The number of nitrogens with one attached hydrogen (secondary N) is 1. The molecule has 32 heavy (non-hydrogen) atoms. The second-order valence-corrected chi connectivity index (χ2v) is 15.5. The Morgan fingerprint density at radius 2 is 2.03 bits per heavy atom. The Morgan fingerprint density at radius 1 is 1.31 bits per heavy atom. The van der Waals surface area contributed by atoms with Crippen LogP contribution >= 0.6 is 23.2 Å². The van der Waals surface area contributed by atoms with Gasteiger partial charge in [0.1, 0.15) is 16.6 Å².